The van der Waals surface area contributed by atoms with Crippen LogP contribution in [-0.2, 0) is 19.2 Å². The molecular formula is C12H19Cl2N3O7S. The molecule has 13 heteroatoms. The SMILES string of the molecule is N[C@@H](CCC(=O)N[C@@H](CSC(O)C(Cl)Cl)C(=O)NCC(=O)O)C(=O)O. The second kappa shape index (κ2) is 12.1. The minimum atomic E-state index is -1.28. The summed E-state index contributed by atoms with van der Waals surface area (Å²) in [5.41, 5.74) is 4.05. The second-order valence-electron chi connectivity index (χ2n) is 4.77. The van der Waals surface area contributed by atoms with Crippen LogP contribution in [0.5, 0.6) is 0 Å². The molecular weight excluding hydrogens is 401 g/mol. The highest BCUT2D eigenvalue weighted by Crippen LogP contribution is 2.20. The highest BCUT2D eigenvalue weighted by Gasteiger charge is 2.25. The fourth-order valence-electron chi connectivity index (χ4n) is 1.41. The summed E-state index contributed by atoms with van der Waals surface area (Å²) in [5.74, 6) is -4.13. The number of amides is 2. The minimum Gasteiger partial charge on any atom is -0.480 e. The Labute approximate surface area is 157 Å². The Balaban J connectivity index is 4.69. The molecule has 0 fully saturated rings. The average molecular weight is 420 g/mol. The fraction of sp³-hybridized carbons (Fsp3) is 0.667. The second-order valence-corrected chi connectivity index (χ2v) is 7.09. The Kier molecular flexibility index (Phi) is 11.5. The fourth-order valence-corrected chi connectivity index (χ4v) is 2.62. The Hall–Kier alpha value is -1.27. The molecule has 2 amide bonds. The highest BCUT2D eigenvalue weighted by molar-refractivity contribution is 7.99. The summed E-state index contributed by atoms with van der Waals surface area (Å²) < 4.78 is 0. The van der Waals surface area contributed by atoms with Crippen LogP contribution in [-0.4, -0.2) is 73.7 Å². The summed E-state index contributed by atoms with van der Waals surface area (Å²) in [7, 11) is 0. The Morgan fingerprint density at radius 1 is 1.16 bits per heavy atom. The highest BCUT2D eigenvalue weighted by atomic mass is 35.5. The summed E-state index contributed by atoms with van der Waals surface area (Å²) >= 11 is 11.7. The van der Waals surface area contributed by atoms with Crippen molar-refractivity contribution in [3.8, 4) is 0 Å². The number of alkyl halides is 2. The molecule has 25 heavy (non-hydrogen) atoms. The standard InChI is InChI=1S/C12H19Cl2N3O7S/c13-9(14)12(24)25-4-6(10(21)16-3-8(19)20)17-7(18)2-1-5(15)11(22)23/h5-6,9,12,24H,1-4,15H2,(H,16,21)(H,17,18)(H,19,20)(H,22,23)/t5-,6-,12?/m0/s1. The predicted octanol–water partition coefficient (Wildman–Crippen LogP) is -1.28. The summed E-state index contributed by atoms with van der Waals surface area (Å²) in [6.45, 7) is -0.657. The molecule has 0 bridgehead atoms. The lowest BCUT2D eigenvalue weighted by Crippen LogP contribution is -2.49. The number of nitrogens with one attached hydrogen (secondary N) is 2. The number of rotatable bonds is 12. The average Bonchev–Trinajstić information content (AvgIpc) is 2.53. The molecule has 0 aliphatic carbocycles. The van der Waals surface area contributed by atoms with Crippen LogP contribution in [0.3, 0.4) is 0 Å². The first kappa shape index (κ1) is 23.7. The van der Waals surface area contributed by atoms with Crippen LogP contribution < -0.4 is 16.4 Å². The van der Waals surface area contributed by atoms with Gasteiger partial charge in [0.1, 0.15) is 28.9 Å². The van der Waals surface area contributed by atoms with Crippen molar-refractivity contribution in [3.63, 3.8) is 0 Å². The molecule has 0 heterocycles. The topological polar surface area (TPSA) is 179 Å². The zero-order valence-electron chi connectivity index (χ0n) is 12.9. The maximum Gasteiger partial charge on any atom is 0.322 e. The number of halogens is 2. The Bertz CT molecular complexity index is 495. The first-order chi connectivity index (χ1) is 11.5. The van der Waals surface area contributed by atoms with Crippen LogP contribution in [0.1, 0.15) is 12.8 Å². The van der Waals surface area contributed by atoms with E-state index in [9.17, 15) is 24.3 Å². The quantitative estimate of drug-likeness (QED) is 0.166. The van der Waals surface area contributed by atoms with Gasteiger partial charge in [-0.05, 0) is 6.42 Å². The molecule has 0 rings (SSSR count). The van der Waals surface area contributed by atoms with Crippen LogP contribution in [0.15, 0.2) is 0 Å². The third kappa shape index (κ3) is 11.1. The number of hydrogen-bond donors (Lipinski definition) is 6. The monoisotopic (exact) mass is 419 g/mol. The van der Waals surface area contributed by atoms with Gasteiger partial charge in [0.05, 0.1) is 0 Å². The molecule has 0 aromatic carbocycles. The van der Waals surface area contributed by atoms with Crippen molar-refractivity contribution in [1.29, 1.82) is 0 Å². The summed E-state index contributed by atoms with van der Waals surface area (Å²) in [6.07, 6.45) is -0.400. The molecule has 0 spiro atoms. The summed E-state index contributed by atoms with van der Waals surface area (Å²) in [4.78, 5) is 43.7. The van der Waals surface area contributed by atoms with E-state index in [-0.39, 0.29) is 18.6 Å². The van der Waals surface area contributed by atoms with E-state index in [0.29, 0.717) is 0 Å². The molecule has 7 N–H and O–H groups in total. The van der Waals surface area contributed by atoms with Crippen molar-refractivity contribution >= 4 is 58.7 Å². The number of hydrogen-bond acceptors (Lipinski definition) is 7. The molecule has 0 aliphatic rings. The van der Waals surface area contributed by atoms with Crippen LogP contribution in [0.4, 0.5) is 0 Å². The zero-order chi connectivity index (χ0) is 19.6. The molecule has 0 aliphatic heterocycles. The molecule has 1 unspecified atom stereocenters. The normalized spacial score (nSPS) is 14.4. The van der Waals surface area contributed by atoms with Gasteiger partial charge in [-0.1, -0.05) is 0 Å². The van der Waals surface area contributed by atoms with Crippen molar-refractivity contribution in [2.24, 2.45) is 5.73 Å². The lowest BCUT2D eigenvalue weighted by atomic mass is 10.1. The number of carbonyl (C=O) groups is 4. The number of thioether (sulfide) groups is 1. The van der Waals surface area contributed by atoms with Crippen LogP contribution >= 0.6 is 35.0 Å². The minimum absolute atomic E-state index is 0.140. The van der Waals surface area contributed by atoms with Crippen molar-refractivity contribution in [2.75, 3.05) is 12.3 Å². The molecule has 0 aromatic rings. The zero-order valence-corrected chi connectivity index (χ0v) is 15.2. The summed E-state index contributed by atoms with van der Waals surface area (Å²) in [6, 6.07) is -2.41. The third-order valence-corrected chi connectivity index (χ3v) is 4.63. The number of carboxylic acid groups (broad SMARTS) is 2. The van der Waals surface area contributed by atoms with Gasteiger partial charge < -0.3 is 31.7 Å². The first-order valence-electron chi connectivity index (χ1n) is 6.89. The molecule has 10 nitrogen and oxygen atoms in total. The number of carbonyl (C=O) groups excluding carboxylic acids is 2. The molecule has 0 saturated carbocycles. The van der Waals surface area contributed by atoms with Gasteiger partial charge >= 0.3 is 11.9 Å². The van der Waals surface area contributed by atoms with Crippen molar-refractivity contribution in [3.05, 3.63) is 0 Å². The molecule has 144 valence electrons. The number of aliphatic hydroxyl groups excluding tert-OH is 1. The van der Waals surface area contributed by atoms with E-state index < -0.39 is 52.7 Å². The number of nitrogens with two attached hydrogens (primary N) is 1. The van der Waals surface area contributed by atoms with Gasteiger partial charge in [0, 0.05) is 12.2 Å². The Morgan fingerprint density at radius 2 is 1.76 bits per heavy atom. The number of carboxylic acids is 2. The van der Waals surface area contributed by atoms with Crippen LogP contribution in [0.25, 0.3) is 0 Å². The number of aliphatic hydroxyl groups is 1. The van der Waals surface area contributed by atoms with Crippen molar-refractivity contribution in [2.45, 2.75) is 35.2 Å². The van der Waals surface area contributed by atoms with Crippen LogP contribution in [0.2, 0.25) is 0 Å². The van der Waals surface area contributed by atoms with Crippen LogP contribution in [0, 0.1) is 0 Å². The first-order valence-corrected chi connectivity index (χ1v) is 8.81. The molecule has 0 radical (unpaired) electrons. The van der Waals surface area contributed by atoms with Gasteiger partial charge in [-0.15, -0.1) is 35.0 Å². The van der Waals surface area contributed by atoms with Gasteiger partial charge in [0.2, 0.25) is 11.8 Å². The van der Waals surface area contributed by atoms with Gasteiger partial charge in [0.25, 0.3) is 0 Å². The van der Waals surface area contributed by atoms with Gasteiger partial charge in [-0.3, -0.25) is 19.2 Å². The third-order valence-electron chi connectivity index (χ3n) is 2.71. The summed E-state index contributed by atoms with van der Waals surface area (Å²) in [5, 5.41) is 31.1. The predicted molar refractivity (Wildman–Crippen MR) is 91.4 cm³/mol. The van der Waals surface area contributed by atoms with Crippen molar-refractivity contribution in [1.82, 2.24) is 10.6 Å². The number of aliphatic carboxylic acids is 2. The smallest absolute Gasteiger partial charge is 0.322 e. The van der Waals surface area contributed by atoms with E-state index in [1.807, 2.05) is 0 Å². The van der Waals surface area contributed by atoms with E-state index in [2.05, 4.69) is 10.6 Å². The van der Waals surface area contributed by atoms with E-state index >= 15 is 0 Å². The maximum atomic E-state index is 11.9. The lowest BCUT2D eigenvalue weighted by molar-refractivity contribution is -0.139. The van der Waals surface area contributed by atoms with Gasteiger partial charge in [0.15, 0.2) is 0 Å². The molecule has 0 saturated heterocycles. The van der Waals surface area contributed by atoms with E-state index in [1.165, 1.54) is 0 Å². The van der Waals surface area contributed by atoms with E-state index in [0.717, 1.165) is 11.8 Å². The van der Waals surface area contributed by atoms with Gasteiger partial charge in [-0.2, -0.15) is 0 Å². The molecule has 0 aromatic heterocycles. The lowest BCUT2D eigenvalue weighted by Gasteiger charge is -2.20. The van der Waals surface area contributed by atoms with Crippen molar-refractivity contribution < 1.29 is 34.5 Å². The Morgan fingerprint density at radius 3 is 2.24 bits per heavy atom. The molecule has 3 atom stereocenters. The largest absolute Gasteiger partial charge is 0.480 e. The van der Waals surface area contributed by atoms with Gasteiger partial charge in [-0.25, -0.2) is 0 Å². The maximum absolute atomic E-state index is 11.9. The van der Waals surface area contributed by atoms with E-state index in [4.69, 9.17) is 39.1 Å². The van der Waals surface area contributed by atoms with E-state index in [1.54, 1.807) is 0 Å².